The number of benzene rings is 2. The second-order valence-electron chi connectivity index (χ2n) is 7.12. The molecular weight excluding hydrogens is 529 g/mol. The van der Waals surface area contributed by atoms with E-state index in [2.05, 4.69) is 26.2 Å². The Hall–Kier alpha value is -1.91. The molecule has 170 valence electrons. The largest absolute Gasteiger partial charge is 0.497 e. The Balaban J connectivity index is 0.00000341. The van der Waals surface area contributed by atoms with Crippen molar-refractivity contribution in [1.29, 1.82) is 0 Å². The van der Waals surface area contributed by atoms with Crippen molar-refractivity contribution in [3.05, 3.63) is 47.5 Å². The molecule has 0 aromatic heterocycles. The summed E-state index contributed by atoms with van der Waals surface area (Å²) in [5.74, 6) is 1.78. The monoisotopic (exact) mass is 559 g/mol. The minimum Gasteiger partial charge on any atom is -0.497 e. The zero-order valence-electron chi connectivity index (χ0n) is 18.0. The van der Waals surface area contributed by atoms with Gasteiger partial charge in [-0.2, -0.15) is 0 Å². The summed E-state index contributed by atoms with van der Waals surface area (Å²) in [6, 6.07) is 13.6. The van der Waals surface area contributed by atoms with E-state index in [0.29, 0.717) is 18.3 Å². The quantitative estimate of drug-likeness (QED) is 0.221. The molecule has 9 heteroatoms. The first-order valence-electron chi connectivity index (χ1n) is 10.1. The van der Waals surface area contributed by atoms with E-state index in [9.17, 15) is 0 Å². The highest BCUT2D eigenvalue weighted by Gasteiger charge is 2.16. The van der Waals surface area contributed by atoms with Gasteiger partial charge in [0.05, 0.1) is 19.9 Å². The van der Waals surface area contributed by atoms with E-state index in [1.807, 2.05) is 36.4 Å². The fraction of sp³-hybridized carbons (Fsp3) is 0.409. The van der Waals surface area contributed by atoms with Crippen LogP contribution in [-0.2, 0) is 0 Å². The lowest BCUT2D eigenvalue weighted by Gasteiger charge is -2.36. The van der Waals surface area contributed by atoms with Crippen LogP contribution in [-0.4, -0.2) is 64.3 Å². The fourth-order valence-corrected chi connectivity index (χ4v) is 3.67. The zero-order valence-corrected chi connectivity index (χ0v) is 21.1. The van der Waals surface area contributed by atoms with E-state index in [1.165, 1.54) is 5.69 Å². The van der Waals surface area contributed by atoms with Crippen molar-refractivity contribution in [3.8, 4) is 11.5 Å². The second-order valence-corrected chi connectivity index (χ2v) is 7.56. The van der Waals surface area contributed by atoms with Gasteiger partial charge in [-0.1, -0.05) is 17.7 Å². The molecule has 0 atom stereocenters. The number of nitrogens with zero attached hydrogens (tertiary/aromatic N) is 3. The molecule has 1 aliphatic heterocycles. The molecule has 0 radical (unpaired) electrons. The van der Waals surface area contributed by atoms with Crippen molar-refractivity contribution in [2.75, 3.05) is 63.7 Å². The van der Waals surface area contributed by atoms with Gasteiger partial charge in [0.1, 0.15) is 11.5 Å². The van der Waals surface area contributed by atoms with Crippen molar-refractivity contribution in [2.24, 2.45) is 10.7 Å². The predicted octanol–water partition coefficient (Wildman–Crippen LogP) is 3.91. The molecule has 3 N–H and O–H groups in total. The van der Waals surface area contributed by atoms with Crippen molar-refractivity contribution in [2.45, 2.75) is 6.42 Å². The third-order valence-electron chi connectivity index (χ3n) is 5.13. The van der Waals surface area contributed by atoms with Crippen LogP contribution in [0, 0.1) is 0 Å². The molecule has 2 aromatic carbocycles. The minimum absolute atomic E-state index is 0. The Morgan fingerprint density at radius 3 is 2.55 bits per heavy atom. The lowest BCUT2D eigenvalue weighted by atomic mass is 10.2. The molecule has 1 fully saturated rings. The smallest absolute Gasteiger partial charge is 0.193 e. The molecule has 0 aliphatic carbocycles. The molecule has 0 unspecified atom stereocenters. The highest BCUT2D eigenvalue weighted by molar-refractivity contribution is 14.0. The van der Waals surface area contributed by atoms with Crippen LogP contribution in [0.25, 0.3) is 0 Å². The van der Waals surface area contributed by atoms with Gasteiger partial charge in [-0.15, -0.1) is 24.0 Å². The molecule has 1 saturated heterocycles. The molecular formula is C22H31ClIN5O2. The Bertz CT molecular complexity index is 860. The van der Waals surface area contributed by atoms with Crippen LogP contribution in [0.15, 0.2) is 47.5 Å². The molecule has 0 amide bonds. The second kappa shape index (κ2) is 12.8. The number of anilines is 2. The first kappa shape index (κ1) is 25.4. The van der Waals surface area contributed by atoms with Crippen molar-refractivity contribution in [1.82, 2.24) is 4.90 Å². The third kappa shape index (κ3) is 7.62. The number of guanidine groups is 1. The van der Waals surface area contributed by atoms with Crippen molar-refractivity contribution >= 4 is 52.9 Å². The van der Waals surface area contributed by atoms with Crippen LogP contribution in [0.5, 0.6) is 11.5 Å². The number of methoxy groups -OCH3 is 2. The normalized spacial score (nSPS) is 14.7. The minimum atomic E-state index is 0. The van der Waals surface area contributed by atoms with E-state index in [-0.39, 0.29) is 24.0 Å². The summed E-state index contributed by atoms with van der Waals surface area (Å²) in [5, 5.41) is 3.88. The highest BCUT2D eigenvalue weighted by atomic mass is 127. The number of hydrogen-bond acceptors (Lipinski definition) is 5. The summed E-state index contributed by atoms with van der Waals surface area (Å²) >= 11 is 6.11. The van der Waals surface area contributed by atoms with Gasteiger partial charge in [-0.05, 0) is 36.8 Å². The molecule has 1 aliphatic rings. The van der Waals surface area contributed by atoms with E-state index < -0.39 is 0 Å². The molecule has 0 spiro atoms. The lowest BCUT2D eigenvalue weighted by Crippen LogP contribution is -2.46. The van der Waals surface area contributed by atoms with Crippen LogP contribution in [0.1, 0.15) is 6.42 Å². The fourth-order valence-electron chi connectivity index (χ4n) is 3.49. The topological polar surface area (TPSA) is 75.3 Å². The lowest BCUT2D eigenvalue weighted by molar-refractivity contribution is 0.256. The Kier molecular flexibility index (Phi) is 10.5. The number of aliphatic imine (C=N–C) groups is 1. The molecule has 7 nitrogen and oxygen atoms in total. The predicted molar refractivity (Wildman–Crippen MR) is 140 cm³/mol. The average Bonchev–Trinajstić information content (AvgIpc) is 2.77. The summed E-state index contributed by atoms with van der Waals surface area (Å²) < 4.78 is 10.6. The number of rotatable bonds is 8. The highest BCUT2D eigenvalue weighted by Crippen LogP contribution is 2.28. The van der Waals surface area contributed by atoms with Crippen molar-refractivity contribution < 1.29 is 9.47 Å². The maximum absolute atomic E-state index is 6.11. The number of ether oxygens (including phenoxy) is 2. The summed E-state index contributed by atoms with van der Waals surface area (Å²) in [5.41, 5.74) is 7.97. The molecule has 2 aromatic rings. The third-order valence-corrected chi connectivity index (χ3v) is 5.36. The van der Waals surface area contributed by atoms with Gasteiger partial charge >= 0.3 is 0 Å². The van der Waals surface area contributed by atoms with Crippen LogP contribution in [0.2, 0.25) is 5.02 Å². The van der Waals surface area contributed by atoms with Gasteiger partial charge in [0, 0.05) is 56.0 Å². The maximum Gasteiger partial charge on any atom is 0.193 e. The van der Waals surface area contributed by atoms with Crippen LogP contribution >= 0.6 is 35.6 Å². The number of nitrogens with two attached hydrogens (primary N) is 1. The first-order chi connectivity index (χ1) is 14.6. The SMILES string of the molecule is COc1ccc(OC)c(NC(N)=NCCCN2CCN(c3cccc(Cl)c3)CC2)c1.I. The Morgan fingerprint density at radius 1 is 1.10 bits per heavy atom. The van der Waals surface area contributed by atoms with Gasteiger partial charge in [0.25, 0.3) is 0 Å². The molecule has 1 heterocycles. The Labute approximate surface area is 206 Å². The Morgan fingerprint density at radius 2 is 1.87 bits per heavy atom. The van der Waals surface area contributed by atoms with E-state index in [4.69, 9.17) is 26.8 Å². The number of piperazine rings is 1. The van der Waals surface area contributed by atoms with Gasteiger partial charge in [0.2, 0.25) is 0 Å². The van der Waals surface area contributed by atoms with E-state index in [0.717, 1.165) is 55.6 Å². The first-order valence-corrected chi connectivity index (χ1v) is 10.5. The summed E-state index contributed by atoms with van der Waals surface area (Å²) in [6.45, 7) is 5.74. The molecule has 0 bridgehead atoms. The van der Waals surface area contributed by atoms with Gasteiger partial charge in [0.15, 0.2) is 5.96 Å². The molecule has 3 rings (SSSR count). The van der Waals surface area contributed by atoms with Crippen LogP contribution in [0.4, 0.5) is 11.4 Å². The molecule has 31 heavy (non-hydrogen) atoms. The number of nitrogens with one attached hydrogen (secondary N) is 1. The van der Waals surface area contributed by atoms with E-state index in [1.54, 1.807) is 14.2 Å². The number of halogens is 2. The summed E-state index contributed by atoms with van der Waals surface area (Å²) in [4.78, 5) is 9.28. The molecule has 0 saturated carbocycles. The summed E-state index contributed by atoms with van der Waals surface area (Å²) in [6.07, 6.45) is 0.953. The maximum atomic E-state index is 6.11. The van der Waals surface area contributed by atoms with Crippen LogP contribution < -0.4 is 25.4 Å². The van der Waals surface area contributed by atoms with Crippen LogP contribution in [0.3, 0.4) is 0 Å². The summed E-state index contributed by atoms with van der Waals surface area (Å²) in [7, 11) is 3.24. The van der Waals surface area contributed by atoms with E-state index >= 15 is 0 Å². The number of hydrogen-bond donors (Lipinski definition) is 2. The average molecular weight is 560 g/mol. The van der Waals surface area contributed by atoms with Crippen molar-refractivity contribution in [3.63, 3.8) is 0 Å². The van der Waals surface area contributed by atoms with Gasteiger partial charge in [-0.3, -0.25) is 9.89 Å². The van der Waals surface area contributed by atoms with Gasteiger partial charge in [-0.25, -0.2) is 0 Å². The standard InChI is InChI=1S/C22H30ClN5O2.HI/c1-29-19-7-8-21(30-2)20(16-19)26-22(24)25-9-4-10-27-11-13-28(14-12-27)18-6-3-5-17(23)15-18;/h3,5-8,15-16H,4,9-14H2,1-2H3,(H3,24,25,26);1H. The zero-order chi connectivity index (χ0) is 21.3. The van der Waals surface area contributed by atoms with Gasteiger partial charge < -0.3 is 25.4 Å².